The van der Waals surface area contributed by atoms with E-state index >= 15 is 0 Å². The van der Waals surface area contributed by atoms with Crippen molar-refractivity contribution in [2.24, 2.45) is 11.0 Å². The van der Waals surface area contributed by atoms with Gasteiger partial charge in [0.2, 0.25) is 0 Å². The molecule has 2 rings (SSSR count). The minimum atomic E-state index is -0.753. The number of benzene rings is 1. The zero-order valence-electron chi connectivity index (χ0n) is 14.8. The first-order valence-corrected chi connectivity index (χ1v) is 9.02. The number of ether oxygens (including phenoxy) is 3. The van der Waals surface area contributed by atoms with Crippen LogP contribution in [0.25, 0.3) is 10.4 Å². The van der Waals surface area contributed by atoms with Crippen LogP contribution in [0.4, 0.5) is 0 Å². The third-order valence-corrected chi connectivity index (χ3v) is 5.13. The average Bonchev–Trinajstić information content (AvgIpc) is 2.59. The van der Waals surface area contributed by atoms with Crippen molar-refractivity contribution in [2.45, 2.75) is 49.4 Å². The number of nitrogens with zero attached hydrogens (tertiary/aromatic N) is 3. The smallest absolute Gasteiger partial charge is 0.303 e. The molecular weight excluding hydrogens is 358 g/mol. The highest BCUT2D eigenvalue weighted by Gasteiger charge is 2.46. The Morgan fingerprint density at radius 2 is 1.96 bits per heavy atom. The van der Waals surface area contributed by atoms with Crippen molar-refractivity contribution >= 4 is 23.7 Å². The third-order valence-electron chi connectivity index (χ3n) is 3.97. The van der Waals surface area contributed by atoms with E-state index in [4.69, 9.17) is 19.7 Å². The Morgan fingerprint density at radius 1 is 1.27 bits per heavy atom. The van der Waals surface area contributed by atoms with E-state index in [-0.39, 0.29) is 12.5 Å². The quantitative estimate of drug-likeness (QED) is 0.324. The first kappa shape index (κ1) is 20.1. The van der Waals surface area contributed by atoms with Crippen molar-refractivity contribution in [1.82, 2.24) is 0 Å². The SMILES string of the molecule is CC(=O)OCC1O[C@@H](Sc2ccccc2)C(OC(C)=O)[C@H](N=[N+]=[N-])C1C. The Morgan fingerprint density at radius 3 is 2.54 bits per heavy atom. The number of thioether (sulfide) groups is 1. The fourth-order valence-corrected chi connectivity index (χ4v) is 3.85. The predicted molar refractivity (Wildman–Crippen MR) is 95.2 cm³/mol. The van der Waals surface area contributed by atoms with Crippen LogP contribution >= 0.6 is 11.8 Å². The summed E-state index contributed by atoms with van der Waals surface area (Å²) >= 11 is 1.36. The van der Waals surface area contributed by atoms with Crippen LogP contribution in [0.5, 0.6) is 0 Å². The molecule has 1 heterocycles. The lowest BCUT2D eigenvalue weighted by Gasteiger charge is -2.43. The number of rotatable bonds is 6. The van der Waals surface area contributed by atoms with Gasteiger partial charge in [0.1, 0.15) is 18.1 Å². The molecule has 3 unspecified atom stereocenters. The highest BCUT2D eigenvalue weighted by molar-refractivity contribution is 7.99. The molecule has 0 radical (unpaired) electrons. The van der Waals surface area contributed by atoms with Crippen LogP contribution in [-0.4, -0.2) is 42.2 Å². The first-order valence-electron chi connectivity index (χ1n) is 8.14. The molecule has 9 heteroatoms. The molecule has 1 fully saturated rings. The van der Waals surface area contributed by atoms with E-state index in [0.717, 1.165) is 4.90 Å². The van der Waals surface area contributed by atoms with Gasteiger partial charge in [-0.3, -0.25) is 9.59 Å². The monoisotopic (exact) mass is 379 g/mol. The molecule has 0 amide bonds. The summed E-state index contributed by atoms with van der Waals surface area (Å²) in [6, 6.07) is 8.83. The second-order valence-electron chi connectivity index (χ2n) is 5.91. The Labute approximate surface area is 155 Å². The summed E-state index contributed by atoms with van der Waals surface area (Å²) in [7, 11) is 0. The van der Waals surface area contributed by atoms with Crippen LogP contribution in [0.15, 0.2) is 40.3 Å². The molecule has 5 atom stereocenters. The first-order chi connectivity index (χ1) is 12.4. The molecule has 0 saturated carbocycles. The van der Waals surface area contributed by atoms with Gasteiger partial charge in [-0.25, -0.2) is 0 Å². The molecule has 0 aliphatic carbocycles. The van der Waals surface area contributed by atoms with Crippen LogP contribution in [0.1, 0.15) is 20.8 Å². The summed E-state index contributed by atoms with van der Waals surface area (Å²) in [5.41, 5.74) is 8.35. The third kappa shape index (κ3) is 5.39. The number of azide groups is 1. The molecular formula is C17H21N3O5S. The number of hydrogen-bond donors (Lipinski definition) is 0. The van der Waals surface area contributed by atoms with Gasteiger partial charge in [-0.05, 0) is 23.6 Å². The summed E-state index contributed by atoms with van der Waals surface area (Å²) in [5.74, 6) is -1.21. The maximum absolute atomic E-state index is 11.6. The van der Waals surface area contributed by atoms with Crippen molar-refractivity contribution in [1.29, 1.82) is 0 Å². The number of carbonyl (C=O) groups is 2. The summed E-state index contributed by atoms with van der Waals surface area (Å²) < 4.78 is 16.6. The molecule has 1 saturated heterocycles. The average molecular weight is 379 g/mol. The highest BCUT2D eigenvalue weighted by atomic mass is 32.2. The largest absolute Gasteiger partial charge is 0.463 e. The van der Waals surface area contributed by atoms with E-state index in [1.165, 1.54) is 25.6 Å². The molecule has 1 aliphatic heterocycles. The highest BCUT2D eigenvalue weighted by Crippen LogP contribution is 2.38. The summed E-state index contributed by atoms with van der Waals surface area (Å²) in [5, 5.41) is 3.84. The van der Waals surface area contributed by atoms with Crippen molar-refractivity contribution in [2.75, 3.05) is 6.61 Å². The fraction of sp³-hybridized carbons (Fsp3) is 0.529. The van der Waals surface area contributed by atoms with Crippen LogP contribution in [0, 0.1) is 5.92 Å². The van der Waals surface area contributed by atoms with Gasteiger partial charge in [0.05, 0.1) is 12.1 Å². The molecule has 1 aliphatic rings. The zero-order valence-corrected chi connectivity index (χ0v) is 15.6. The summed E-state index contributed by atoms with van der Waals surface area (Å²) in [4.78, 5) is 26.5. The van der Waals surface area contributed by atoms with E-state index in [0.29, 0.717) is 0 Å². The Bertz CT molecular complexity index is 680. The molecule has 1 aromatic carbocycles. The molecule has 140 valence electrons. The van der Waals surface area contributed by atoms with Crippen LogP contribution in [0.2, 0.25) is 0 Å². The van der Waals surface area contributed by atoms with Gasteiger partial charge in [0, 0.05) is 23.7 Å². The van der Waals surface area contributed by atoms with Gasteiger partial charge < -0.3 is 14.2 Å². The molecule has 8 nitrogen and oxygen atoms in total. The van der Waals surface area contributed by atoms with Gasteiger partial charge in [-0.2, -0.15) is 0 Å². The molecule has 26 heavy (non-hydrogen) atoms. The van der Waals surface area contributed by atoms with Crippen LogP contribution < -0.4 is 0 Å². The lowest BCUT2D eigenvalue weighted by atomic mass is 9.89. The van der Waals surface area contributed by atoms with E-state index in [1.807, 2.05) is 37.3 Å². The lowest BCUT2D eigenvalue weighted by Crippen LogP contribution is -2.54. The lowest BCUT2D eigenvalue weighted by molar-refractivity contribution is -0.176. The topological polar surface area (TPSA) is 111 Å². The Balaban J connectivity index is 2.29. The second kappa shape index (κ2) is 9.47. The predicted octanol–water partition coefficient (Wildman–Crippen LogP) is 3.31. The van der Waals surface area contributed by atoms with Gasteiger partial charge in [-0.1, -0.05) is 42.0 Å². The summed E-state index contributed by atoms with van der Waals surface area (Å²) in [6.07, 6.45) is -1.24. The minimum Gasteiger partial charge on any atom is -0.463 e. The fourth-order valence-electron chi connectivity index (χ4n) is 2.72. The zero-order chi connectivity index (χ0) is 19.1. The van der Waals surface area contributed by atoms with E-state index in [2.05, 4.69) is 10.0 Å². The number of carbonyl (C=O) groups excluding carboxylic acids is 2. The molecule has 0 aromatic heterocycles. The molecule has 1 aromatic rings. The number of hydrogen-bond acceptors (Lipinski definition) is 7. The van der Waals surface area contributed by atoms with Crippen LogP contribution in [-0.2, 0) is 23.8 Å². The Kier molecular flexibility index (Phi) is 7.32. The molecule has 0 N–H and O–H groups in total. The van der Waals surface area contributed by atoms with Gasteiger partial charge in [0.25, 0.3) is 0 Å². The maximum Gasteiger partial charge on any atom is 0.303 e. The second-order valence-corrected chi connectivity index (χ2v) is 7.08. The van der Waals surface area contributed by atoms with Gasteiger partial charge >= 0.3 is 11.9 Å². The standard InChI is InChI=1S/C17H21N3O5S/c1-10-14(9-23-11(2)21)25-17(26-13-7-5-4-6-8-13)16(24-12(3)22)15(10)19-20-18/h4-8,10,14-17H,9H2,1-3H3/t10?,14?,15-,16?,17+/m1/s1. The van der Waals surface area contributed by atoms with E-state index in [9.17, 15) is 9.59 Å². The van der Waals surface area contributed by atoms with Gasteiger partial charge in [-0.15, -0.1) is 0 Å². The van der Waals surface area contributed by atoms with Crippen molar-refractivity contribution in [3.8, 4) is 0 Å². The normalized spacial score (nSPS) is 27.9. The Hall–Kier alpha value is -2.22. The molecule has 0 bridgehead atoms. The molecule has 0 spiro atoms. The van der Waals surface area contributed by atoms with E-state index in [1.54, 1.807) is 0 Å². The van der Waals surface area contributed by atoms with Crippen molar-refractivity contribution in [3.63, 3.8) is 0 Å². The van der Waals surface area contributed by atoms with Crippen LogP contribution in [0.3, 0.4) is 0 Å². The van der Waals surface area contributed by atoms with Crippen molar-refractivity contribution in [3.05, 3.63) is 40.8 Å². The summed E-state index contributed by atoms with van der Waals surface area (Å²) in [6.45, 7) is 4.46. The number of esters is 2. The van der Waals surface area contributed by atoms with Crippen molar-refractivity contribution < 1.29 is 23.8 Å². The van der Waals surface area contributed by atoms with E-state index < -0.39 is 35.6 Å². The maximum atomic E-state index is 11.6. The van der Waals surface area contributed by atoms with Gasteiger partial charge in [0.15, 0.2) is 0 Å². The minimum absolute atomic E-state index is 0.0343.